The summed E-state index contributed by atoms with van der Waals surface area (Å²) < 4.78 is 0. The maximum Gasteiger partial charge on any atom is 0.166 e. The van der Waals surface area contributed by atoms with E-state index in [-0.39, 0.29) is 5.92 Å². The highest BCUT2D eigenvalue weighted by Gasteiger charge is 2.29. The Kier molecular flexibility index (Phi) is 2.72. The minimum atomic E-state index is 0.178. The van der Waals surface area contributed by atoms with Gasteiger partial charge in [-0.05, 0) is 37.8 Å². The van der Waals surface area contributed by atoms with Gasteiger partial charge in [-0.25, -0.2) is 0 Å². The first kappa shape index (κ1) is 10.2. The van der Waals surface area contributed by atoms with Gasteiger partial charge in [0.1, 0.15) is 0 Å². The Balaban J connectivity index is 2.29. The quantitative estimate of drug-likeness (QED) is 0.669. The molecule has 0 spiro atoms. The molecule has 1 unspecified atom stereocenters. The minimum absolute atomic E-state index is 0.178. The fourth-order valence-electron chi connectivity index (χ4n) is 2.25. The van der Waals surface area contributed by atoms with Crippen molar-refractivity contribution in [3.8, 4) is 0 Å². The maximum absolute atomic E-state index is 12.0. The molecule has 1 aliphatic carbocycles. The van der Waals surface area contributed by atoms with Gasteiger partial charge in [-0.1, -0.05) is 30.4 Å². The molecule has 0 aliphatic heterocycles. The van der Waals surface area contributed by atoms with Crippen molar-refractivity contribution in [3.05, 3.63) is 47.0 Å². The second-order valence-corrected chi connectivity index (χ2v) is 4.17. The molecule has 0 saturated heterocycles. The van der Waals surface area contributed by atoms with Gasteiger partial charge in [0.05, 0.1) is 0 Å². The molecule has 2 rings (SSSR count). The molecule has 0 N–H and O–H groups in total. The number of ketones is 1. The van der Waals surface area contributed by atoms with Crippen molar-refractivity contribution in [2.24, 2.45) is 5.92 Å². The fraction of sp³-hybridized carbons (Fsp3) is 0.357. The molecule has 0 saturated carbocycles. The summed E-state index contributed by atoms with van der Waals surface area (Å²) in [4.78, 5) is 12.0. The average molecular weight is 200 g/mol. The number of carbonyl (C=O) groups is 1. The van der Waals surface area contributed by atoms with Crippen LogP contribution >= 0.6 is 0 Å². The Morgan fingerprint density at radius 3 is 2.93 bits per heavy atom. The molecule has 0 aromatic heterocycles. The number of allylic oxidation sites excluding steroid dienone is 2. The van der Waals surface area contributed by atoms with Gasteiger partial charge in [0.25, 0.3) is 0 Å². The van der Waals surface area contributed by atoms with Crippen molar-refractivity contribution in [2.75, 3.05) is 0 Å². The average Bonchev–Trinajstić information content (AvgIpc) is 2.55. The number of hydrogen-bond donors (Lipinski definition) is 0. The molecule has 1 aromatic rings. The van der Waals surface area contributed by atoms with Crippen LogP contribution in [0.25, 0.3) is 0 Å². The first-order valence-corrected chi connectivity index (χ1v) is 5.48. The molecule has 1 aromatic carbocycles. The summed E-state index contributed by atoms with van der Waals surface area (Å²) in [6, 6.07) is 6.02. The number of Topliss-reactive ketones (excluding diaryl/α,β-unsaturated/α-hetero) is 1. The number of rotatable bonds is 2. The van der Waals surface area contributed by atoms with E-state index in [9.17, 15) is 4.79 Å². The largest absolute Gasteiger partial charge is 0.294 e. The van der Waals surface area contributed by atoms with Crippen LogP contribution in [0.3, 0.4) is 0 Å². The van der Waals surface area contributed by atoms with Crippen LogP contribution in [-0.2, 0) is 6.42 Å². The lowest BCUT2D eigenvalue weighted by Gasteiger charge is -2.02. The second-order valence-electron chi connectivity index (χ2n) is 4.17. The van der Waals surface area contributed by atoms with Gasteiger partial charge >= 0.3 is 0 Å². The summed E-state index contributed by atoms with van der Waals surface area (Å²) in [6.07, 6.45) is 5.90. The lowest BCUT2D eigenvalue weighted by atomic mass is 10.0. The molecule has 1 heteroatoms. The highest BCUT2D eigenvalue weighted by Crippen LogP contribution is 2.31. The normalized spacial score (nSPS) is 19.9. The smallest absolute Gasteiger partial charge is 0.166 e. The van der Waals surface area contributed by atoms with Crippen molar-refractivity contribution in [1.82, 2.24) is 0 Å². The third-order valence-corrected chi connectivity index (χ3v) is 3.15. The van der Waals surface area contributed by atoms with Gasteiger partial charge in [0.2, 0.25) is 0 Å². The molecule has 0 amide bonds. The molecule has 0 fully saturated rings. The molecule has 0 heterocycles. The van der Waals surface area contributed by atoms with Crippen LogP contribution in [0.4, 0.5) is 0 Å². The van der Waals surface area contributed by atoms with Crippen molar-refractivity contribution < 1.29 is 4.79 Å². The van der Waals surface area contributed by atoms with E-state index in [1.54, 1.807) is 0 Å². The fourth-order valence-corrected chi connectivity index (χ4v) is 2.25. The third kappa shape index (κ3) is 1.74. The van der Waals surface area contributed by atoms with Gasteiger partial charge in [-0.3, -0.25) is 4.79 Å². The van der Waals surface area contributed by atoms with E-state index < -0.39 is 0 Å². The van der Waals surface area contributed by atoms with Gasteiger partial charge in [-0.15, -0.1) is 0 Å². The summed E-state index contributed by atoms with van der Waals surface area (Å²) >= 11 is 0. The Morgan fingerprint density at radius 2 is 2.27 bits per heavy atom. The topological polar surface area (TPSA) is 17.1 Å². The van der Waals surface area contributed by atoms with Crippen LogP contribution < -0.4 is 0 Å². The van der Waals surface area contributed by atoms with Crippen LogP contribution in [-0.4, -0.2) is 5.78 Å². The number of carbonyl (C=O) groups excluding carboxylic acids is 1. The van der Waals surface area contributed by atoms with E-state index in [4.69, 9.17) is 0 Å². The summed E-state index contributed by atoms with van der Waals surface area (Å²) in [6.45, 7) is 4.09. The molecule has 15 heavy (non-hydrogen) atoms. The first-order valence-electron chi connectivity index (χ1n) is 5.48. The Labute approximate surface area is 90.8 Å². The first-order chi connectivity index (χ1) is 7.24. The number of benzene rings is 1. The summed E-state index contributed by atoms with van der Waals surface area (Å²) in [5.41, 5.74) is 3.46. The Bertz CT molecular complexity index is 415. The van der Waals surface area contributed by atoms with E-state index >= 15 is 0 Å². The highest BCUT2D eigenvalue weighted by atomic mass is 16.1. The van der Waals surface area contributed by atoms with Gasteiger partial charge in [0.15, 0.2) is 5.78 Å². The predicted octanol–water partition coefficient (Wildman–Crippen LogP) is 3.32. The summed E-state index contributed by atoms with van der Waals surface area (Å²) in [5, 5.41) is 0. The zero-order chi connectivity index (χ0) is 10.8. The standard InChI is InChI=1S/C14H16O/c1-3-4-7-11-9-13-10(2)6-5-8-12(13)14(11)15/h3-6,8,11H,7,9H2,1-2H3. The van der Waals surface area contributed by atoms with Crippen LogP contribution in [0.2, 0.25) is 0 Å². The molecule has 0 bridgehead atoms. The predicted molar refractivity (Wildman–Crippen MR) is 62.1 cm³/mol. The van der Waals surface area contributed by atoms with Crippen LogP contribution in [0.1, 0.15) is 34.8 Å². The monoisotopic (exact) mass is 200 g/mol. The SMILES string of the molecule is CC=CCC1Cc2c(C)cccc2C1=O. The van der Waals surface area contributed by atoms with E-state index in [1.165, 1.54) is 11.1 Å². The van der Waals surface area contributed by atoms with Crippen molar-refractivity contribution >= 4 is 5.78 Å². The third-order valence-electron chi connectivity index (χ3n) is 3.15. The molecular formula is C14H16O. The van der Waals surface area contributed by atoms with Gasteiger partial charge < -0.3 is 0 Å². The number of hydrogen-bond acceptors (Lipinski definition) is 1. The molecule has 1 nitrogen and oxygen atoms in total. The van der Waals surface area contributed by atoms with Crippen molar-refractivity contribution in [3.63, 3.8) is 0 Å². The summed E-state index contributed by atoms with van der Waals surface area (Å²) in [5.74, 6) is 0.504. The van der Waals surface area contributed by atoms with Crippen LogP contribution in [0, 0.1) is 12.8 Å². The Morgan fingerprint density at radius 1 is 1.47 bits per heavy atom. The van der Waals surface area contributed by atoms with Crippen molar-refractivity contribution in [1.29, 1.82) is 0 Å². The lowest BCUT2D eigenvalue weighted by molar-refractivity contribution is 0.0938. The molecule has 1 atom stereocenters. The number of aryl methyl sites for hydroxylation is 1. The van der Waals surface area contributed by atoms with E-state index in [1.807, 2.05) is 25.1 Å². The molecule has 78 valence electrons. The molecule has 1 aliphatic rings. The lowest BCUT2D eigenvalue weighted by Crippen LogP contribution is -2.07. The Hall–Kier alpha value is -1.37. The van der Waals surface area contributed by atoms with Gasteiger partial charge in [0, 0.05) is 11.5 Å². The van der Waals surface area contributed by atoms with E-state index in [0.717, 1.165) is 18.4 Å². The molecule has 0 radical (unpaired) electrons. The minimum Gasteiger partial charge on any atom is -0.294 e. The van der Waals surface area contributed by atoms with Crippen LogP contribution in [0.5, 0.6) is 0 Å². The number of fused-ring (bicyclic) bond motifs is 1. The van der Waals surface area contributed by atoms with Crippen LogP contribution in [0.15, 0.2) is 30.4 Å². The molecular weight excluding hydrogens is 184 g/mol. The second kappa shape index (κ2) is 4.01. The maximum atomic E-state index is 12.0. The highest BCUT2D eigenvalue weighted by molar-refractivity contribution is 6.02. The van der Waals surface area contributed by atoms with Crippen molar-refractivity contribution in [2.45, 2.75) is 26.7 Å². The van der Waals surface area contributed by atoms with E-state index in [2.05, 4.69) is 19.1 Å². The zero-order valence-electron chi connectivity index (χ0n) is 9.29. The summed E-state index contributed by atoms with van der Waals surface area (Å²) in [7, 11) is 0. The van der Waals surface area contributed by atoms with Gasteiger partial charge in [-0.2, -0.15) is 0 Å². The zero-order valence-corrected chi connectivity index (χ0v) is 9.29. The van der Waals surface area contributed by atoms with E-state index in [0.29, 0.717) is 5.78 Å².